The maximum Gasteiger partial charge on any atom is 0.323 e. The monoisotopic (exact) mass is 219 g/mol. The number of carbonyl (C=O) groups is 1. The molecule has 86 valence electrons. The van der Waals surface area contributed by atoms with E-state index in [0.29, 0.717) is 0 Å². The lowest BCUT2D eigenvalue weighted by atomic mass is 10.1. The number of nitrogen functional groups attached to an aromatic ring is 1. The number of aryl methyl sites for hydroxylation is 1. The molecule has 4 heteroatoms. The van der Waals surface area contributed by atoms with Crippen LogP contribution in [-0.4, -0.2) is 31.6 Å². The van der Waals surface area contributed by atoms with Crippen LogP contribution in [-0.2, 0) is 6.42 Å². The van der Waals surface area contributed by atoms with Gasteiger partial charge in [-0.2, -0.15) is 0 Å². The molecule has 0 saturated heterocycles. The Hall–Kier alpha value is -1.71. The van der Waals surface area contributed by atoms with Gasteiger partial charge < -0.3 is 10.6 Å². The Morgan fingerprint density at radius 1 is 1.44 bits per heavy atom. The second-order valence-corrected chi connectivity index (χ2v) is 4.42. The molecule has 0 unspecified atom stereocenters. The van der Waals surface area contributed by atoms with Gasteiger partial charge in [-0.25, -0.2) is 4.79 Å². The third-order valence-electron chi connectivity index (χ3n) is 2.98. The van der Waals surface area contributed by atoms with Crippen molar-refractivity contribution in [2.75, 3.05) is 31.3 Å². The van der Waals surface area contributed by atoms with Crippen LogP contribution in [0.5, 0.6) is 0 Å². The summed E-state index contributed by atoms with van der Waals surface area (Å²) in [5.41, 5.74) is 9.88. The Labute approximate surface area is 95.6 Å². The number of carbonyl (C=O) groups excluding carboxylic acids is 1. The highest BCUT2D eigenvalue weighted by atomic mass is 16.2. The van der Waals surface area contributed by atoms with Crippen LogP contribution in [0.4, 0.5) is 16.2 Å². The van der Waals surface area contributed by atoms with Gasteiger partial charge in [0.05, 0.1) is 5.69 Å². The Bertz CT molecular complexity index is 440. The van der Waals surface area contributed by atoms with E-state index >= 15 is 0 Å². The van der Waals surface area contributed by atoms with Gasteiger partial charge in [-0.15, -0.1) is 0 Å². The van der Waals surface area contributed by atoms with Crippen LogP contribution in [0.3, 0.4) is 0 Å². The van der Waals surface area contributed by atoms with Gasteiger partial charge in [0, 0.05) is 26.3 Å². The van der Waals surface area contributed by atoms with Gasteiger partial charge in [0.15, 0.2) is 0 Å². The quantitative estimate of drug-likeness (QED) is 0.674. The molecule has 2 rings (SSSR count). The fourth-order valence-electron chi connectivity index (χ4n) is 2.02. The summed E-state index contributed by atoms with van der Waals surface area (Å²) in [5.74, 6) is 0. The zero-order valence-corrected chi connectivity index (χ0v) is 9.95. The smallest absolute Gasteiger partial charge is 0.323 e. The average Bonchev–Trinajstić information content (AvgIpc) is 2.60. The summed E-state index contributed by atoms with van der Waals surface area (Å²) in [5, 5.41) is 0. The van der Waals surface area contributed by atoms with E-state index in [1.54, 1.807) is 23.9 Å². The first kappa shape index (κ1) is 10.8. The van der Waals surface area contributed by atoms with Crippen molar-refractivity contribution in [3.63, 3.8) is 0 Å². The Balaban J connectivity index is 2.40. The summed E-state index contributed by atoms with van der Waals surface area (Å²) >= 11 is 0. The first-order chi connectivity index (χ1) is 7.50. The summed E-state index contributed by atoms with van der Waals surface area (Å²) in [6.45, 7) is 2.74. The molecule has 0 spiro atoms. The molecule has 16 heavy (non-hydrogen) atoms. The predicted molar refractivity (Wildman–Crippen MR) is 65.7 cm³/mol. The van der Waals surface area contributed by atoms with E-state index in [-0.39, 0.29) is 6.03 Å². The molecule has 0 saturated carbocycles. The fraction of sp³-hybridized carbons (Fsp3) is 0.417. The van der Waals surface area contributed by atoms with E-state index in [2.05, 4.69) is 6.07 Å². The van der Waals surface area contributed by atoms with Crippen molar-refractivity contribution in [1.29, 1.82) is 0 Å². The van der Waals surface area contributed by atoms with Gasteiger partial charge in [-0.3, -0.25) is 4.90 Å². The molecule has 1 aliphatic rings. The number of amides is 2. The minimum absolute atomic E-state index is 0.0157. The molecule has 0 aliphatic carbocycles. The molecule has 2 N–H and O–H groups in total. The van der Waals surface area contributed by atoms with Crippen LogP contribution < -0.4 is 10.6 Å². The van der Waals surface area contributed by atoms with E-state index in [9.17, 15) is 4.79 Å². The maximum atomic E-state index is 11.9. The number of nitrogens with two attached hydrogens (primary N) is 1. The van der Waals surface area contributed by atoms with Gasteiger partial charge in [0.1, 0.15) is 0 Å². The van der Waals surface area contributed by atoms with E-state index in [0.717, 1.165) is 29.9 Å². The second-order valence-electron chi connectivity index (χ2n) is 4.42. The lowest BCUT2D eigenvalue weighted by Gasteiger charge is -2.22. The number of urea groups is 1. The zero-order chi connectivity index (χ0) is 11.9. The molecule has 1 aliphatic heterocycles. The second kappa shape index (κ2) is 3.70. The topological polar surface area (TPSA) is 49.6 Å². The first-order valence-corrected chi connectivity index (χ1v) is 5.38. The highest BCUT2D eigenvalue weighted by Crippen LogP contribution is 2.32. The Morgan fingerprint density at radius 3 is 2.75 bits per heavy atom. The van der Waals surface area contributed by atoms with E-state index in [1.165, 1.54) is 5.56 Å². The molecule has 0 radical (unpaired) electrons. The minimum Gasteiger partial charge on any atom is -0.398 e. The lowest BCUT2D eigenvalue weighted by molar-refractivity contribution is 0.224. The van der Waals surface area contributed by atoms with Crippen molar-refractivity contribution in [1.82, 2.24) is 4.90 Å². The predicted octanol–water partition coefficient (Wildman–Crippen LogP) is 1.62. The molecular formula is C12H17N3O. The summed E-state index contributed by atoms with van der Waals surface area (Å²) in [6, 6.07) is 3.99. The van der Waals surface area contributed by atoms with Crippen molar-refractivity contribution < 1.29 is 4.79 Å². The van der Waals surface area contributed by atoms with Crippen LogP contribution in [0.2, 0.25) is 0 Å². The highest BCUT2D eigenvalue weighted by molar-refractivity contribution is 5.94. The fourth-order valence-corrected chi connectivity index (χ4v) is 2.02. The molecule has 1 aromatic carbocycles. The average molecular weight is 219 g/mol. The number of fused-ring (bicyclic) bond motifs is 1. The minimum atomic E-state index is 0.0157. The number of nitrogens with zero attached hydrogens (tertiary/aromatic N) is 2. The zero-order valence-electron chi connectivity index (χ0n) is 9.95. The number of benzene rings is 1. The van der Waals surface area contributed by atoms with Gasteiger partial charge in [-0.1, -0.05) is 6.07 Å². The van der Waals surface area contributed by atoms with Gasteiger partial charge in [0.25, 0.3) is 0 Å². The molecule has 2 amide bonds. The largest absolute Gasteiger partial charge is 0.398 e. The maximum absolute atomic E-state index is 11.9. The number of anilines is 2. The summed E-state index contributed by atoms with van der Waals surface area (Å²) in [7, 11) is 3.52. The summed E-state index contributed by atoms with van der Waals surface area (Å²) in [6.07, 6.45) is 0.913. The van der Waals surface area contributed by atoms with Crippen molar-refractivity contribution in [3.05, 3.63) is 23.3 Å². The Kier molecular flexibility index (Phi) is 2.50. The normalized spacial score (nSPS) is 13.8. The first-order valence-electron chi connectivity index (χ1n) is 5.38. The van der Waals surface area contributed by atoms with E-state index in [4.69, 9.17) is 5.73 Å². The number of hydrogen-bond donors (Lipinski definition) is 1. The van der Waals surface area contributed by atoms with Crippen LogP contribution in [0.25, 0.3) is 0 Å². The van der Waals surface area contributed by atoms with Crippen LogP contribution in [0.15, 0.2) is 12.1 Å². The molecule has 1 heterocycles. The van der Waals surface area contributed by atoms with E-state index < -0.39 is 0 Å². The van der Waals surface area contributed by atoms with Crippen molar-refractivity contribution in [2.24, 2.45) is 0 Å². The lowest BCUT2D eigenvalue weighted by Crippen LogP contribution is -2.38. The highest BCUT2D eigenvalue weighted by Gasteiger charge is 2.26. The van der Waals surface area contributed by atoms with Gasteiger partial charge in [0.2, 0.25) is 0 Å². The van der Waals surface area contributed by atoms with Crippen LogP contribution >= 0.6 is 0 Å². The third-order valence-corrected chi connectivity index (χ3v) is 2.98. The van der Waals surface area contributed by atoms with Crippen LogP contribution in [0.1, 0.15) is 11.1 Å². The van der Waals surface area contributed by atoms with Crippen molar-refractivity contribution >= 4 is 17.4 Å². The standard InChI is InChI=1S/C12H17N3O/c1-8-6-9-4-5-15(12(16)14(2)3)11(9)7-10(8)13/h6-7H,4-5,13H2,1-3H3. The Morgan fingerprint density at radius 2 is 2.12 bits per heavy atom. The summed E-state index contributed by atoms with van der Waals surface area (Å²) in [4.78, 5) is 15.3. The molecule has 1 aromatic rings. The molecular weight excluding hydrogens is 202 g/mol. The number of rotatable bonds is 0. The molecule has 4 nitrogen and oxygen atoms in total. The summed E-state index contributed by atoms with van der Waals surface area (Å²) < 4.78 is 0. The SMILES string of the molecule is Cc1cc2c(cc1N)N(C(=O)N(C)C)CC2. The van der Waals surface area contributed by atoms with Crippen LogP contribution in [0, 0.1) is 6.92 Å². The van der Waals surface area contributed by atoms with Gasteiger partial charge >= 0.3 is 6.03 Å². The molecule has 0 aromatic heterocycles. The van der Waals surface area contributed by atoms with Crippen molar-refractivity contribution in [3.8, 4) is 0 Å². The molecule has 0 atom stereocenters. The third kappa shape index (κ3) is 1.60. The number of hydrogen-bond acceptors (Lipinski definition) is 2. The molecule has 0 bridgehead atoms. The van der Waals surface area contributed by atoms with Gasteiger partial charge in [-0.05, 0) is 30.5 Å². The molecule has 0 fully saturated rings. The van der Waals surface area contributed by atoms with Crippen molar-refractivity contribution in [2.45, 2.75) is 13.3 Å². The van der Waals surface area contributed by atoms with E-state index in [1.807, 2.05) is 13.0 Å².